The smallest absolute Gasteiger partial charge is 0.347 e. The van der Waals surface area contributed by atoms with Crippen LogP contribution in [-0.4, -0.2) is 41.0 Å². The van der Waals surface area contributed by atoms with Crippen molar-refractivity contribution in [2.45, 2.75) is 25.9 Å². The molecule has 2 aliphatic rings. The molecule has 0 saturated carbocycles. The minimum absolute atomic E-state index is 0.111. The summed E-state index contributed by atoms with van der Waals surface area (Å²) in [7, 11) is 0. The van der Waals surface area contributed by atoms with E-state index < -0.39 is 5.63 Å². The first-order valence-corrected chi connectivity index (χ1v) is 9.55. The number of carbonyl (C=O) groups excluding carboxylic acids is 2. The second kappa shape index (κ2) is 6.63. The molecule has 2 amide bonds. The van der Waals surface area contributed by atoms with Crippen LogP contribution in [0, 0.1) is 6.92 Å². The number of hydrogen-bond acceptors (Lipinski definition) is 6. The first-order chi connectivity index (χ1) is 14.0. The Kier molecular flexibility index (Phi) is 4.06. The van der Waals surface area contributed by atoms with E-state index in [0.29, 0.717) is 34.2 Å². The number of rotatable bonds is 3. The summed E-state index contributed by atoms with van der Waals surface area (Å²) >= 11 is 0. The van der Waals surface area contributed by atoms with Gasteiger partial charge in [-0.05, 0) is 49.6 Å². The van der Waals surface area contributed by atoms with Crippen LogP contribution in [0.5, 0.6) is 0 Å². The van der Waals surface area contributed by atoms with E-state index in [-0.39, 0.29) is 30.4 Å². The van der Waals surface area contributed by atoms with Gasteiger partial charge in [-0.3, -0.25) is 14.5 Å². The quantitative estimate of drug-likeness (QED) is 0.639. The maximum Gasteiger partial charge on any atom is 0.347 e. The Morgan fingerprint density at radius 2 is 1.93 bits per heavy atom. The molecule has 5 rings (SSSR count). The molecule has 0 N–H and O–H groups in total. The summed E-state index contributed by atoms with van der Waals surface area (Å²) in [6.07, 6.45) is 1.66. The molecule has 1 saturated heterocycles. The van der Waals surface area contributed by atoms with Gasteiger partial charge in [0, 0.05) is 12.2 Å². The molecule has 1 atom stereocenters. The Balaban J connectivity index is 1.54. The van der Waals surface area contributed by atoms with Crippen LogP contribution in [-0.2, 0) is 4.74 Å². The van der Waals surface area contributed by atoms with E-state index in [1.54, 1.807) is 30.3 Å². The average Bonchev–Trinajstić information content (AvgIpc) is 3.32. The second-order valence-electron chi connectivity index (χ2n) is 7.39. The van der Waals surface area contributed by atoms with Crippen molar-refractivity contribution in [3.63, 3.8) is 0 Å². The number of aryl methyl sites for hydroxylation is 1. The van der Waals surface area contributed by atoms with Gasteiger partial charge in [0.05, 0.1) is 34.7 Å². The molecular weight excluding hydrogens is 372 g/mol. The highest BCUT2D eigenvalue weighted by Crippen LogP contribution is 2.29. The van der Waals surface area contributed by atoms with E-state index in [1.165, 1.54) is 4.90 Å². The third kappa shape index (κ3) is 2.86. The number of carbonyl (C=O) groups is 2. The Hall–Kier alpha value is -3.32. The van der Waals surface area contributed by atoms with E-state index >= 15 is 0 Å². The Morgan fingerprint density at radius 1 is 1.10 bits per heavy atom. The van der Waals surface area contributed by atoms with E-state index in [2.05, 4.69) is 4.98 Å². The predicted octanol–water partition coefficient (Wildman–Crippen LogP) is 2.94. The van der Waals surface area contributed by atoms with Crippen LogP contribution >= 0.6 is 0 Å². The summed E-state index contributed by atoms with van der Waals surface area (Å²) in [5.41, 5.74) is 2.03. The number of benzene rings is 2. The summed E-state index contributed by atoms with van der Waals surface area (Å²) in [4.78, 5) is 43.6. The van der Waals surface area contributed by atoms with Gasteiger partial charge in [-0.15, -0.1) is 0 Å². The van der Waals surface area contributed by atoms with E-state index in [9.17, 15) is 14.4 Å². The zero-order valence-corrected chi connectivity index (χ0v) is 15.8. The summed E-state index contributed by atoms with van der Waals surface area (Å²) in [6, 6.07) is 10.1. The molecule has 0 aliphatic carbocycles. The summed E-state index contributed by atoms with van der Waals surface area (Å²) in [6.45, 7) is 2.78. The van der Waals surface area contributed by atoms with Crippen molar-refractivity contribution in [1.82, 2.24) is 9.88 Å². The number of fused-ring (bicyclic) bond motifs is 2. The third-order valence-electron chi connectivity index (χ3n) is 5.49. The van der Waals surface area contributed by atoms with Gasteiger partial charge in [-0.2, -0.15) is 0 Å². The minimum atomic E-state index is -0.489. The van der Waals surface area contributed by atoms with Crippen LogP contribution in [0.3, 0.4) is 0 Å². The Labute approximate surface area is 165 Å². The summed E-state index contributed by atoms with van der Waals surface area (Å²) in [5.74, 6) is -0.560. The molecule has 0 radical (unpaired) electrons. The molecule has 7 nitrogen and oxygen atoms in total. The zero-order chi connectivity index (χ0) is 20.1. The lowest BCUT2D eigenvalue weighted by Gasteiger charge is -2.17. The highest BCUT2D eigenvalue weighted by Gasteiger charge is 2.37. The fraction of sp³-hybridized carbons (Fsp3) is 0.273. The molecule has 2 aliphatic heterocycles. The van der Waals surface area contributed by atoms with Gasteiger partial charge in [0.1, 0.15) is 0 Å². The molecule has 146 valence electrons. The highest BCUT2D eigenvalue weighted by molar-refractivity contribution is 6.21. The number of amides is 2. The largest absolute Gasteiger partial charge is 0.403 e. The number of nitrogens with zero attached hydrogens (tertiary/aromatic N) is 2. The first kappa shape index (κ1) is 17.8. The lowest BCUT2D eigenvalue weighted by Crippen LogP contribution is -2.36. The molecule has 1 aromatic heterocycles. The number of imide groups is 1. The van der Waals surface area contributed by atoms with Gasteiger partial charge in [0.15, 0.2) is 0 Å². The molecule has 0 spiro atoms. The van der Waals surface area contributed by atoms with Crippen molar-refractivity contribution >= 4 is 22.7 Å². The van der Waals surface area contributed by atoms with Gasteiger partial charge >= 0.3 is 5.63 Å². The molecule has 29 heavy (non-hydrogen) atoms. The second-order valence-corrected chi connectivity index (χ2v) is 7.39. The lowest BCUT2D eigenvalue weighted by atomic mass is 10.1. The minimum Gasteiger partial charge on any atom is -0.403 e. The van der Waals surface area contributed by atoms with Crippen LogP contribution < -0.4 is 5.63 Å². The van der Waals surface area contributed by atoms with Crippen LogP contribution in [0.4, 0.5) is 0 Å². The number of hydrogen-bond donors (Lipinski definition) is 0. The van der Waals surface area contributed by atoms with Gasteiger partial charge < -0.3 is 9.15 Å². The molecule has 1 unspecified atom stereocenters. The van der Waals surface area contributed by atoms with Crippen LogP contribution in [0.2, 0.25) is 0 Å². The maximum absolute atomic E-state index is 12.8. The monoisotopic (exact) mass is 390 g/mol. The maximum atomic E-state index is 12.8. The zero-order valence-electron chi connectivity index (χ0n) is 15.8. The van der Waals surface area contributed by atoms with Crippen LogP contribution in [0.1, 0.15) is 39.1 Å². The van der Waals surface area contributed by atoms with Crippen molar-refractivity contribution in [1.29, 1.82) is 0 Å². The molecule has 0 bridgehead atoms. The lowest BCUT2D eigenvalue weighted by molar-refractivity contribution is 0.0475. The standard InChI is InChI=1S/C22H18N2O5/c1-12-4-2-6-16-18(12)23-19(29-22(16)27)13-7-8-15-17(10-13)21(26)24(20(15)25)11-14-5-3-9-28-14/h2,4,6-8,10,14H,3,5,9,11H2,1H3. The molecule has 1 fully saturated rings. The average molecular weight is 390 g/mol. The number of para-hydroxylation sites is 1. The van der Waals surface area contributed by atoms with Crippen molar-refractivity contribution < 1.29 is 18.7 Å². The molecule has 2 aromatic carbocycles. The molecule has 3 heterocycles. The van der Waals surface area contributed by atoms with Crippen molar-refractivity contribution in [3.05, 3.63) is 63.5 Å². The van der Waals surface area contributed by atoms with Gasteiger partial charge in [0.25, 0.3) is 11.8 Å². The molecule has 7 heteroatoms. The van der Waals surface area contributed by atoms with E-state index in [1.807, 2.05) is 13.0 Å². The molecule has 3 aromatic rings. The van der Waals surface area contributed by atoms with E-state index in [4.69, 9.17) is 9.15 Å². The topological polar surface area (TPSA) is 89.7 Å². The van der Waals surface area contributed by atoms with Crippen LogP contribution in [0.25, 0.3) is 22.4 Å². The predicted molar refractivity (Wildman–Crippen MR) is 105 cm³/mol. The number of ether oxygens (including phenoxy) is 1. The fourth-order valence-electron chi connectivity index (χ4n) is 3.94. The Bertz CT molecular complexity index is 1220. The normalized spacial score (nSPS) is 18.7. The summed E-state index contributed by atoms with van der Waals surface area (Å²) in [5, 5.41) is 0.406. The van der Waals surface area contributed by atoms with Gasteiger partial charge in [-0.1, -0.05) is 12.1 Å². The van der Waals surface area contributed by atoms with Crippen molar-refractivity contribution in [2.24, 2.45) is 0 Å². The highest BCUT2D eigenvalue weighted by atomic mass is 16.5. The first-order valence-electron chi connectivity index (χ1n) is 9.55. The Morgan fingerprint density at radius 3 is 2.72 bits per heavy atom. The van der Waals surface area contributed by atoms with Gasteiger partial charge in [0.2, 0.25) is 5.89 Å². The van der Waals surface area contributed by atoms with Crippen molar-refractivity contribution in [2.75, 3.05) is 13.2 Å². The van der Waals surface area contributed by atoms with E-state index in [0.717, 1.165) is 18.4 Å². The third-order valence-corrected chi connectivity index (χ3v) is 5.49. The number of aromatic nitrogens is 1. The van der Waals surface area contributed by atoms with Gasteiger partial charge in [-0.25, -0.2) is 9.78 Å². The fourth-order valence-corrected chi connectivity index (χ4v) is 3.94. The summed E-state index contributed by atoms with van der Waals surface area (Å²) < 4.78 is 11.0. The van der Waals surface area contributed by atoms with Crippen LogP contribution in [0.15, 0.2) is 45.6 Å². The SMILES string of the molecule is Cc1cccc2c(=O)oc(-c3ccc4c(c3)C(=O)N(CC3CCCO3)C4=O)nc12. The van der Waals surface area contributed by atoms with Crippen molar-refractivity contribution in [3.8, 4) is 11.5 Å². The molecular formula is C22H18N2O5.